The molecule has 2 bridgehead atoms. The molecule has 2 amide bonds. The van der Waals surface area contributed by atoms with Crippen molar-refractivity contribution in [1.29, 1.82) is 0 Å². The first-order valence-corrected chi connectivity index (χ1v) is 11.3. The maximum atomic E-state index is 13.6. The van der Waals surface area contributed by atoms with E-state index in [0.717, 1.165) is 43.9 Å². The molecule has 2 N–H and O–H groups in total. The number of nitrogens with zero attached hydrogens (tertiary/aromatic N) is 1. The van der Waals surface area contributed by atoms with E-state index in [-0.39, 0.29) is 51.9 Å². The lowest BCUT2D eigenvalue weighted by atomic mass is 9.56. The van der Waals surface area contributed by atoms with Gasteiger partial charge in [0.05, 0.1) is 10.7 Å². The van der Waals surface area contributed by atoms with Gasteiger partial charge in [0.2, 0.25) is 5.76 Å². The number of carbonyl (C=O) groups is 2. The second kappa shape index (κ2) is 8.73. The summed E-state index contributed by atoms with van der Waals surface area (Å²) in [6.07, 6.45) is 4.51. The van der Waals surface area contributed by atoms with Gasteiger partial charge in [0, 0.05) is 23.2 Å². The zero-order chi connectivity index (χ0) is 22.9. The summed E-state index contributed by atoms with van der Waals surface area (Å²) in [6.45, 7) is 3.84. The smallest absolute Gasteiger partial charge is 0.290 e. The molecular weight excluding hydrogens is 437 g/mol. The first-order valence-electron chi connectivity index (χ1n) is 10.9. The summed E-state index contributed by atoms with van der Waals surface area (Å²) >= 11 is 5.67. The highest BCUT2D eigenvalue weighted by Crippen LogP contribution is 2.50. The van der Waals surface area contributed by atoms with Crippen molar-refractivity contribution >= 4 is 23.4 Å². The molecule has 7 nitrogen and oxygen atoms in total. The molecule has 1 aromatic carbocycles. The maximum Gasteiger partial charge on any atom is 0.290 e. The molecule has 0 radical (unpaired) electrons. The van der Waals surface area contributed by atoms with Crippen LogP contribution in [0.5, 0.6) is 5.75 Å². The minimum Gasteiger partial charge on any atom is -0.484 e. The van der Waals surface area contributed by atoms with Gasteiger partial charge in [0.15, 0.2) is 6.61 Å². The fraction of sp³-hybridized carbons (Fsp3) is 0.522. The number of carbonyl (C=O) groups excluding carboxylic acids is 2. The van der Waals surface area contributed by atoms with Crippen LogP contribution in [0.3, 0.4) is 0 Å². The van der Waals surface area contributed by atoms with Crippen molar-refractivity contribution < 1.29 is 23.2 Å². The molecule has 3 aliphatic carbocycles. The highest BCUT2D eigenvalue weighted by atomic mass is 35.5. The SMILES string of the molecule is CCc1cc(C(=O)NC23CCC(NC(=O)COc4ccc(Cl)c(F)c4)(CC2)[C@@H](C)C3)on1. The van der Waals surface area contributed by atoms with Crippen LogP contribution in [0, 0.1) is 11.7 Å². The van der Waals surface area contributed by atoms with Crippen molar-refractivity contribution in [3.8, 4) is 5.75 Å². The molecule has 2 aromatic rings. The first-order chi connectivity index (χ1) is 15.2. The van der Waals surface area contributed by atoms with Gasteiger partial charge in [-0.25, -0.2) is 4.39 Å². The summed E-state index contributed by atoms with van der Waals surface area (Å²) in [7, 11) is 0. The Kier molecular flexibility index (Phi) is 6.16. The van der Waals surface area contributed by atoms with Gasteiger partial charge < -0.3 is 19.9 Å². The topological polar surface area (TPSA) is 93.5 Å². The Morgan fingerprint density at radius 2 is 2.00 bits per heavy atom. The summed E-state index contributed by atoms with van der Waals surface area (Å²) in [6, 6.07) is 5.75. The van der Waals surface area contributed by atoms with Gasteiger partial charge in [-0.15, -0.1) is 0 Å². The predicted molar refractivity (Wildman–Crippen MR) is 116 cm³/mol. The number of benzene rings is 1. The fourth-order valence-electron chi connectivity index (χ4n) is 4.99. The van der Waals surface area contributed by atoms with Gasteiger partial charge in [0.1, 0.15) is 11.6 Å². The van der Waals surface area contributed by atoms with E-state index in [1.54, 1.807) is 6.07 Å². The predicted octanol–water partition coefficient (Wildman–Crippen LogP) is 4.05. The largest absolute Gasteiger partial charge is 0.484 e. The molecule has 0 spiro atoms. The number of nitrogens with one attached hydrogen (secondary N) is 2. The molecule has 5 rings (SSSR count). The highest BCUT2D eigenvalue weighted by molar-refractivity contribution is 6.30. The molecule has 3 saturated carbocycles. The summed E-state index contributed by atoms with van der Waals surface area (Å²) < 4.78 is 24.2. The van der Waals surface area contributed by atoms with E-state index >= 15 is 0 Å². The Balaban J connectivity index is 1.34. The normalized spacial score (nSPS) is 26.6. The lowest BCUT2D eigenvalue weighted by molar-refractivity contribution is -0.128. The molecule has 3 fully saturated rings. The number of fused-ring (bicyclic) bond motifs is 3. The Hall–Kier alpha value is -2.61. The lowest BCUT2D eigenvalue weighted by Gasteiger charge is -2.57. The van der Waals surface area contributed by atoms with Crippen molar-refractivity contribution in [3.63, 3.8) is 0 Å². The lowest BCUT2D eigenvalue weighted by Crippen LogP contribution is -2.67. The second-order valence-corrected chi connectivity index (χ2v) is 9.35. The molecule has 0 saturated heterocycles. The van der Waals surface area contributed by atoms with Crippen molar-refractivity contribution in [2.45, 2.75) is 63.5 Å². The zero-order valence-electron chi connectivity index (χ0n) is 18.2. The summed E-state index contributed by atoms with van der Waals surface area (Å²) in [4.78, 5) is 25.3. The van der Waals surface area contributed by atoms with E-state index in [0.29, 0.717) is 6.42 Å². The van der Waals surface area contributed by atoms with Crippen LogP contribution in [0.25, 0.3) is 0 Å². The first kappa shape index (κ1) is 22.6. The van der Waals surface area contributed by atoms with Crippen molar-refractivity contribution in [2.24, 2.45) is 5.92 Å². The quantitative estimate of drug-likeness (QED) is 0.646. The van der Waals surface area contributed by atoms with Gasteiger partial charge in [-0.05, 0) is 56.6 Å². The molecule has 1 atom stereocenters. The van der Waals surface area contributed by atoms with Crippen LogP contribution < -0.4 is 15.4 Å². The number of amides is 2. The fourth-order valence-corrected chi connectivity index (χ4v) is 5.11. The molecule has 3 aliphatic rings. The van der Waals surface area contributed by atoms with Crippen LogP contribution >= 0.6 is 11.6 Å². The molecule has 1 aromatic heterocycles. The molecule has 32 heavy (non-hydrogen) atoms. The van der Waals surface area contributed by atoms with Gasteiger partial charge in [-0.3, -0.25) is 9.59 Å². The van der Waals surface area contributed by atoms with E-state index in [9.17, 15) is 14.0 Å². The van der Waals surface area contributed by atoms with Crippen LogP contribution in [0.4, 0.5) is 4.39 Å². The third kappa shape index (κ3) is 4.46. The Morgan fingerprint density at radius 1 is 1.25 bits per heavy atom. The number of aromatic nitrogens is 1. The summed E-state index contributed by atoms with van der Waals surface area (Å²) in [5.41, 5.74) is 0.109. The van der Waals surface area contributed by atoms with Crippen molar-refractivity contribution in [2.75, 3.05) is 6.61 Å². The molecule has 0 unspecified atom stereocenters. The average Bonchev–Trinajstić information content (AvgIpc) is 3.25. The summed E-state index contributed by atoms with van der Waals surface area (Å²) in [5.74, 6) is -0.435. The average molecular weight is 464 g/mol. The van der Waals surface area contributed by atoms with Crippen molar-refractivity contribution in [1.82, 2.24) is 15.8 Å². The minimum atomic E-state index is -0.592. The summed E-state index contributed by atoms with van der Waals surface area (Å²) in [5, 5.41) is 10.2. The Labute approximate surface area is 191 Å². The van der Waals surface area contributed by atoms with E-state index in [2.05, 4.69) is 22.7 Å². The number of halogens is 2. The van der Waals surface area contributed by atoms with Gasteiger partial charge >= 0.3 is 0 Å². The number of aryl methyl sites for hydroxylation is 1. The molecule has 172 valence electrons. The maximum absolute atomic E-state index is 13.6. The highest BCUT2D eigenvalue weighted by Gasteiger charge is 2.54. The second-order valence-electron chi connectivity index (χ2n) is 8.94. The Morgan fingerprint density at radius 3 is 2.62 bits per heavy atom. The van der Waals surface area contributed by atoms with Crippen LogP contribution in [-0.2, 0) is 11.2 Å². The van der Waals surface area contributed by atoms with Crippen LogP contribution in [0.1, 0.15) is 62.2 Å². The molecular formula is C23H27ClFN3O4. The third-order valence-electron chi connectivity index (χ3n) is 6.91. The number of rotatable bonds is 7. The molecule has 0 aliphatic heterocycles. The van der Waals surface area contributed by atoms with E-state index in [4.69, 9.17) is 20.9 Å². The number of hydrogen-bond donors (Lipinski definition) is 2. The number of ether oxygens (including phenoxy) is 1. The number of hydrogen-bond acceptors (Lipinski definition) is 5. The van der Waals surface area contributed by atoms with E-state index in [1.807, 2.05) is 6.92 Å². The van der Waals surface area contributed by atoms with Gasteiger partial charge in [0.25, 0.3) is 11.8 Å². The van der Waals surface area contributed by atoms with E-state index in [1.165, 1.54) is 12.1 Å². The third-order valence-corrected chi connectivity index (χ3v) is 7.22. The van der Waals surface area contributed by atoms with Crippen LogP contribution in [-0.4, -0.2) is 34.7 Å². The monoisotopic (exact) mass is 463 g/mol. The van der Waals surface area contributed by atoms with Gasteiger partial charge in [-0.1, -0.05) is 30.6 Å². The standard InChI is InChI=1S/C23H27ClFN3O4/c1-3-15-10-19(32-28-15)21(30)27-22-6-8-23(9-7-22,14(2)12-22)26-20(29)13-31-16-4-5-17(24)18(25)11-16/h4-5,10-11,14H,3,6-9,12-13H2,1-2H3,(H,26,29)(H,27,30)/t14-,22?,23?/m0/s1. The van der Waals surface area contributed by atoms with Crippen LogP contribution in [0.2, 0.25) is 5.02 Å². The van der Waals surface area contributed by atoms with Crippen molar-refractivity contribution in [3.05, 3.63) is 46.6 Å². The minimum absolute atomic E-state index is 0.00335. The van der Waals surface area contributed by atoms with Crippen LogP contribution in [0.15, 0.2) is 28.8 Å². The molecule has 9 heteroatoms. The zero-order valence-corrected chi connectivity index (χ0v) is 18.9. The van der Waals surface area contributed by atoms with Gasteiger partial charge in [-0.2, -0.15) is 0 Å². The van der Waals surface area contributed by atoms with E-state index < -0.39 is 5.82 Å². The molecule has 1 heterocycles. The Bertz CT molecular complexity index is 1020.